The van der Waals surface area contributed by atoms with Gasteiger partial charge in [0.2, 0.25) is 5.91 Å². The normalized spacial score (nSPS) is 9.73. The van der Waals surface area contributed by atoms with Crippen molar-refractivity contribution in [3.63, 3.8) is 0 Å². The third-order valence-electron chi connectivity index (χ3n) is 1.67. The molecule has 1 rings (SSSR count). The van der Waals surface area contributed by atoms with Gasteiger partial charge in [-0.05, 0) is 18.2 Å². The molecule has 0 spiro atoms. The first-order chi connectivity index (χ1) is 7.04. The zero-order chi connectivity index (χ0) is 11.4. The van der Waals surface area contributed by atoms with Crippen LogP contribution >= 0.6 is 11.6 Å². The molecular weight excluding hydrogens is 220 g/mol. The molecule has 1 aromatic carbocycles. The molecule has 0 aliphatic heterocycles. The Hall–Kier alpha value is -1.59. The van der Waals surface area contributed by atoms with Gasteiger partial charge >= 0.3 is 5.97 Å². The standard InChI is InChI=1S/C9H9ClN2O3/c10-5-1-2-6(9(14)15)7(3-5)12-8(13)4-11/h1-3H,4,11H2,(H,12,13)(H,14,15). The lowest BCUT2D eigenvalue weighted by atomic mass is 10.2. The molecule has 0 heterocycles. The number of benzene rings is 1. The van der Waals surface area contributed by atoms with Crippen molar-refractivity contribution in [1.82, 2.24) is 0 Å². The molecule has 6 heteroatoms. The van der Waals surface area contributed by atoms with Crippen molar-refractivity contribution in [2.75, 3.05) is 11.9 Å². The van der Waals surface area contributed by atoms with Gasteiger partial charge in [0, 0.05) is 5.02 Å². The molecule has 0 radical (unpaired) electrons. The molecule has 0 aliphatic carbocycles. The van der Waals surface area contributed by atoms with Crippen LogP contribution in [-0.2, 0) is 4.79 Å². The SMILES string of the molecule is NCC(=O)Nc1cc(Cl)ccc1C(=O)O. The summed E-state index contributed by atoms with van der Waals surface area (Å²) in [6.07, 6.45) is 0. The van der Waals surface area contributed by atoms with Crippen LogP contribution in [0.5, 0.6) is 0 Å². The van der Waals surface area contributed by atoms with E-state index in [0.717, 1.165) is 0 Å². The van der Waals surface area contributed by atoms with Crippen molar-refractivity contribution in [1.29, 1.82) is 0 Å². The van der Waals surface area contributed by atoms with E-state index < -0.39 is 11.9 Å². The van der Waals surface area contributed by atoms with E-state index in [2.05, 4.69) is 5.32 Å². The maximum Gasteiger partial charge on any atom is 0.337 e. The molecule has 1 amide bonds. The van der Waals surface area contributed by atoms with Crippen LogP contribution in [0.2, 0.25) is 5.02 Å². The number of hydrogen-bond acceptors (Lipinski definition) is 3. The van der Waals surface area contributed by atoms with E-state index in [1.54, 1.807) is 0 Å². The van der Waals surface area contributed by atoms with Crippen molar-refractivity contribution in [2.24, 2.45) is 5.73 Å². The predicted octanol–water partition coefficient (Wildman–Crippen LogP) is 0.935. The molecule has 0 aliphatic rings. The summed E-state index contributed by atoms with van der Waals surface area (Å²) in [7, 11) is 0. The minimum absolute atomic E-state index is 0.0267. The highest BCUT2D eigenvalue weighted by atomic mass is 35.5. The first-order valence-electron chi connectivity index (χ1n) is 4.07. The Bertz CT molecular complexity index is 406. The van der Waals surface area contributed by atoms with E-state index in [1.807, 2.05) is 0 Å². The van der Waals surface area contributed by atoms with Crippen LogP contribution in [0.15, 0.2) is 18.2 Å². The van der Waals surface area contributed by atoms with Gasteiger partial charge < -0.3 is 16.2 Å². The lowest BCUT2D eigenvalue weighted by Gasteiger charge is -2.07. The number of halogens is 1. The second-order valence-corrected chi connectivity index (χ2v) is 3.18. The largest absolute Gasteiger partial charge is 0.478 e. The Morgan fingerprint density at radius 2 is 2.13 bits per heavy atom. The highest BCUT2D eigenvalue weighted by Crippen LogP contribution is 2.20. The summed E-state index contributed by atoms with van der Waals surface area (Å²) in [5.74, 6) is -1.61. The number of nitrogens with two attached hydrogens (primary N) is 1. The zero-order valence-electron chi connectivity index (χ0n) is 7.66. The molecule has 0 saturated carbocycles. The van der Waals surface area contributed by atoms with Gasteiger partial charge in [-0.25, -0.2) is 4.79 Å². The van der Waals surface area contributed by atoms with Gasteiger partial charge in [0.05, 0.1) is 17.8 Å². The van der Waals surface area contributed by atoms with E-state index in [4.69, 9.17) is 22.4 Å². The average molecular weight is 229 g/mol. The van der Waals surface area contributed by atoms with Crippen LogP contribution in [-0.4, -0.2) is 23.5 Å². The fourth-order valence-electron chi connectivity index (χ4n) is 1.01. The molecule has 80 valence electrons. The van der Waals surface area contributed by atoms with Gasteiger partial charge in [0.15, 0.2) is 0 Å². The zero-order valence-corrected chi connectivity index (χ0v) is 8.41. The Morgan fingerprint density at radius 3 is 2.67 bits per heavy atom. The van der Waals surface area contributed by atoms with Gasteiger partial charge in [-0.2, -0.15) is 0 Å². The lowest BCUT2D eigenvalue weighted by Crippen LogP contribution is -2.23. The van der Waals surface area contributed by atoms with Crippen molar-refractivity contribution >= 4 is 29.2 Å². The van der Waals surface area contributed by atoms with Crippen LogP contribution in [0.25, 0.3) is 0 Å². The maximum atomic E-state index is 11.0. The Morgan fingerprint density at radius 1 is 1.47 bits per heavy atom. The Labute approximate surface area is 90.8 Å². The van der Waals surface area contributed by atoms with Crippen molar-refractivity contribution < 1.29 is 14.7 Å². The quantitative estimate of drug-likeness (QED) is 0.718. The van der Waals surface area contributed by atoms with Crippen LogP contribution in [0, 0.1) is 0 Å². The number of carbonyl (C=O) groups excluding carboxylic acids is 1. The van der Waals surface area contributed by atoms with Crippen molar-refractivity contribution in [3.8, 4) is 0 Å². The first kappa shape index (κ1) is 11.5. The van der Waals surface area contributed by atoms with E-state index in [1.165, 1.54) is 18.2 Å². The number of anilines is 1. The number of hydrogen-bond donors (Lipinski definition) is 3. The van der Waals surface area contributed by atoms with Crippen LogP contribution in [0.3, 0.4) is 0 Å². The number of carbonyl (C=O) groups is 2. The molecular formula is C9H9ClN2O3. The van der Waals surface area contributed by atoms with Crippen LogP contribution in [0.1, 0.15) is 10.4 Å². The number of carboxylic acids is 1. The topological polar surface area (TPSA) is 92.4 Å². The van der Waals surface area contributed by atoms with Crippen molar-refractivity contribution in [3.05, 3.63) is 28.8 Å². The minimum atomic E-state index is -1.14. The number of amides is 1. The highest BCUT2D eigenvalue weighted by Gasteiger charge is 2.11. The Kier molecular flexibility index (Phi) is 3.65. The second-order valence-electron chi connectivity index (χ2n) is 2.75. The summed E-state index contributed by atoms with van der Waals surface area (Å²) in [6, 6.07) is 4.11. The lowest BCUT2D eigenvalue weighted by molar-refractivity contribution is -0.114. The van der Waals surface area contributed by atoms with Gasteiger partial charge in [-0.3, -0.25) is 4.79 Å². The molecule has 4 N–H and O–H groups in total. The third kappa shape index (κ3) is 2.93. The van der Waals surface area contributed by atoms with Crippen molar-refractivity contribution in [2.45, 2.75) is 0 Å². The van der Waals surface area contributed by atoms with Crippen LogP contribution in [0.4, 0.5) is 5.69 Å². The number of carboxylic acid groups (broad SMARTS) is 1. The average Bonchev–Trinajstić information content (AvgIpc) is 2.17. The number of nitrogens with one attached hydrogen (secondary N) is 1. The molecule has 15 heavy (non-hydrogen) atoms. The van der Waals surface area contributed by atoms with Gasteiger partial charge in [0.1, 0.15) is 0 Å². The highest BCUT2D eigenvalue weighted by molar-refractivity contribution is 6.31. The monoisotopic (exact) mass is 228 g/mol. The van der Waals surface area contributed by atoms with E-state index in [-0.39, 0.29) is 17.8 Å². The smallest absolute Gasteiger partial charge is 0.337 e. The van der Waals surface area contributed by atoms with E-state index >= 15 is 0 Å². The van der Waals surface area contributed by atoms with Crippen LogP contribution < -0.4 is 11.1 Å². The molecule has 0 saturated heterocycles. The maximum absolute atomic E-state index is 11.0. The van der Waals surface area contributed by atoms with Gasteiger partial charge in [-0.1, -0.05) is 11.6 Å². The molecule has 5 nitrogen and oxygen atoms in total. The molecule has 1 aromatic rings. The summed E-state index contributed by atoms with van der Waals surface area (Å²) in [5.41, 5.74) is 5.21. The fraction of sp³-hybridized carbons (Fsp3) is 0.111. The molecule has 0 aromatic heterocycles. The summed E-state index contributed by atoms with van der Waals surface area (Å²) in [6.45, 7) is -0.217. The molecule has 0 atom stereocenters. The molecule has 0 fully saturated rings. The molecule has 0 unspecified atom stereocenters. The van der Waals surface area contributed by atoms with E-state index in [0.29, 0.717) is 5.02 Å². The Balaban J connectivity index is 3.07. The number of aromatic carboxylic acids is 1. The second kappa shape index (κ2) is 4.77. The fourth-order valence-corrected chi connectivity index (χ4v) is 1.18. The van der Waals surface area contributed by atoms with Gasteiger partial charge in [0.25, 0.3) is 0 Å². The first-order valence-corrected chi connectivity index (χ1v) is 4.45. The van der Waals surface area contributed by atoms with Gasteiger partial charge in [-0.15, -0.1) is 0 Å². The summed E-state index contributed by atoms with van der Waals surface area (Å²) < 4.78 is 0. The van der Waals surface area contributed by atoms with E-state index in [9.17, 15) is 9.59 Å². The molecule has 0 bridgehead atoms. The summed E-state index contributed by atoms with van der Waals surface area (Å²) >= 11 is 5.67. The third-order valence-corrected chi connectivity index (χ3v) is 1.91. The predicted molar refractivity (Wildman–Crippen MR) is 56.1 cm³/mol. The summed E-state index contributed by atoms with van der Waals surface area (Å²) in [4.78, 5) is 21.8. The summed E-state index contributed by atoms with van der Waals surface area (Å²) in [5, 5.41) is 11.5. The minimum Gasteiger partial charge on any atom is -0.478 e. The number of rotatable bonds is 3.